The monoisotopic (exact) mass is 1920 g/mol. The van der Waals surface area contributed by atoms with Crippen molar-refractivity contribution in [2.75, 3.05) is 33.0 Å². The number of unbranched alkanes of at least 4 members (excludes halogenated alkanes) is 17. The second-order valence-electron chi connectivity index (χ2n) is 41.7. The average molecular weight is 1920 g/mol. The zero-order chi connectivity index (χ0) is 98.7. The Balaban J connectivity index is 0.000000169. The number of ether oxygens (including phenoxy) is 5. The third-order valence-electron chi connectivity index (χ3n) is 30.8. The zero-order valence-corrected chi connectivity index (χ0v) is 89.2. The second-order valence-corrected chi connectivity index (χ2v) is 41.7. The van der Waals surface area contributed by atoms with Crippen LogP contribution >= 0.6 is 0 Å². The van der Waals surface area contributed by atoms with E-state index in [1.807, 2.05) is 85.5 Å². The fourth-order valence-electron chi connectivity index (χ4n) is 21.4. The van der Waals surface area contributed by atoms with Gasteiger partial charge in [-0.3, -0.25) is 0 Å². The summed E-state index contributed by atoms with van der Waals surface area (Å²) in [7, 11) is 0. The molecule has 0 spiro atoms. The van der Waals surface area contributed by atoms with Gasteiger partial charge in [0.25, 0.3) is 0 Å². The minimum absolute atomic E-state index is 0.643. The molecule has 10 aromatic rings. The molecular formula is C126H182N10O5. The first-order chi connectivity index (χ1) is 69.5. The predicted molar refractivity (Wildman–Crippen MR) is 588 cm³/mol. The van der Waals surface area contributed by atoms with Crippen molar-refractivity contribution in [3.05, 3.63) is 211 Å². The van der Waals surface area contributed by atoms with Crippen LogP contribution < -0.4 is 23.7 Å². The molecule has 5 saturated carbocycles. The van der Waals surface area contributed by atoms with E-state index in [9.17, 15) is 0 Å². The minimum atomic E-state index is 0.643. The molecular weight excluding hydrogens is 1730 g/mol. The number of aromatic nitrogens is 10. The lowest BCUT2D eigenvalue weighted by molar-refractivity contribution is 0.301. The predicted octanol–water partition coefficient (Wildman–Crippen LogP) is 36.3. The summed E-state index contributed by atoms with van der Waals surface area (Å²) in [5.74, 6) is 16.6. The van der Waals surface area contributed by atoms with E-state index in [0.29, 0.717) is 29.6 Å². The van der Waals surface area contributed by atoms with Gasteiger partial charge in [-0.25, -0.2) is 49.8 Å². The quantitative estimate of drug-likeness (QED) is 0.0329. The van der Waals surface area contributed by atoms with Gasteiger partial charge in [0, 0.05) is 89.8 Å². The van der Waals surface area contributed by atoms with E-state index in [-0.39, 0.29) is 0 Å². The average Bonchev–Trinajstić information content (AvgIpc) is 0.847. The maximum atomic E-state index is 5.81. The molecule has 0 bridgehead atoms. The van der Waals surface area contributed by atoms with Crippen molar-refractivity contribution in [1.29, 1.82) is 0 Å². The van der Waals surface area contributed by atoms with Gasteiger partial charge in [-0.1, -0.05) is 236 Å². The first-order valence-electron chi connectivity index (χ1n) is 57.2. The highest BCUT2D eigenvalue weighted by Crippen LogP contribution is 2.44. The molecule has 5 aliphatic rings. The first-order valence-corrected chi connectivity index (χ1v) is 57.2. The Hall–Kier alpha value is -9.50. The van der Waals surface area contributed by atoms with Gasteiger partial charge in [0.1, 0.15) is 28.7 Å². The fourth-order valence-corrected chi connectivity index (χ4v) is 21.4. The third-order valence-corrected chi connectivity index (χ3v) is 30.8. The molecule has 0 saturated heterocycles. The standard InChI is InChI=1S/C28H42N2O.C26H38N2O.C25H36N2O.C24H34N2O.C23H32N2O/c1-3-5-7-8-9-11-23-12-14-24(15-13-23)26-21-29-28(30-22-26)25-16-18-27(19-17-25)31-20-10-6-4-2;1-3-5-7-9-21-10-12-22(13-11-21)24-19-27-26(28-20-24)23-14-16-25(17-15-23)29-18-8-6-4-2;1-3-5-7-17-28-24-15-13-22(14-16-24)25-26-18-23(19-27-25)21-11-9-20(10-12-21)8-6-4-2;1-3-5-6-16-27-23-14-12-21(13-15-23)24-25-17-22(18-26-24)20-10-8-19(7-4-2)9-11-20;1-3-5-6-15-26-22-13-11-20(12-14-22)23-24-16-21(17-25-23)19-9-7-18(4-2)8-10-19/h16-19,21-24H,3-15,20H2,1-2H3;14-17,19-22H,3-13,18H2,1-2H3;13-16,18-21H,3-12,17H2,1-2H3;12-15,17-20H,3-11,16H2,1-2H3;11-14,16-19H,3-10,15H2,1-2H3/t23-,24-;21-,22-;20-,21-;19-,20-;18-,19-. The minimum Gasteiger partial charge on any atom is -0.494 e. The van der Waals surface area contributed by atoms with Crippen LogP contribution in [0.3, 0.4) is 0 Å². The second kappa shape index (κ2) is 66.4. The Bertz CT molecular complexity index is 4810. The first kappa shape index (κ1) is 112. The molecule has 0 radical (unpaired) electrons. The van der Waals surface area contributed by atoms with Crippen LogP contribution in [0.25, 0.3) is 56.9 Å². The van der Waals surface area contributed by atoms with Gasteiger partial charge in [-0.05, 0) is 369 Å². The van der Waals surface area contributed by atoms with Crippen LogP contribution in [-0.4, -0.2) is 82.9 Å². The van der Waals surface area contributed by atoms with Gasteiger partial charge < -0.3 is 23.7 Å². The smallest absolute Gasteiger partial charge is 0.159 e. The molecule has 0 unspecified atom stereocenters. The van der Waals surface area contributed by atoms with E-state index in [0.717, 1.165) is 180 Å². The third kappa shape index (κ3) is 40.2. The molecule has 15 nitrogen and oxygen atoms in total. The van der Waals surface area contributed by atoms with Crippen molar-refractivity contribution in [3.63, 3.8) is 0 Å². The molecule has 5 aromatic carbocycles. The largest absolute Gasteiger partial charge is 0.494 e. The number of rotatable bonds is 51. The Labute approximate surface area is 853 Å². The van der Waals surface area contributed by atoms with Crippen molar-refractivity contribution in [2.45, 2.75) is 426 Å². The van der Waals surface area contributed by atoms with Crippen molar-refractivity contribution in [3.8, 4) is 85.7 Å². The molecule has 5 aliphatic carbocycles. The summed E-state index contributed by atoms with van der Waals surface area (Å²) >= 11 is 0. The SMILES string of the molecule is CCCCCCC[C@H]1CC[C@H](c2cnc(-c3ccc(OCCCCC)cc3)nc2)CC1.CCCCCOc1ccc(-c2ncc([C@H]3CC[C@H](CC)CC3)cn2)cc1.CCCCCOc1ccc(-c2ncc([C@H]3CC[C@H](CCC)CC3)cn2)cc1.CCCCCOc1ccc(-c2ncc([C@H]3CC[C@H](CCCC)CC3)cn2)cc1.CCCCCOc1ccc(-c2ncc([C@H]3CC[C@H](CCCCC)CC3)cn2)cc1. The maximum Gasteiger partial charge on any atom is 0.159 e. The topological polar surface area (TPSA) is 175 Å². The van der Waals surface area contributed by atoms with Gasteiger partial charge in [0.15, 0.2) is 29.1 Å². The molecule has 5 aromatic heterocycles. The lowest BCUT2D eigenvalue weighted by atomic mass is 9.77. The molecule has 0 atom stereocenters. The number of hydrogen-bond acceptors (Lipinski definition) is 15. The summed E-state index contributed by atoms with van der Waals surface area (Å²) in [6.45, 7) is 26.5. The number of hydrogen-bond donors (Lipinski definition) is 0. The Morgan fingerprint density at radius 2 is 0.355 bits per heavy atom. The summed E-state index contributed by atoms with van der Waals surface area (Å²) in [4.78, 5) is 46.6. The van der Waals surface area contributed by atoms with Crippen LogP contribution in [0.5, 0.6) is 28.7 Å². The number of benzene rings is 5. The molecule has 766 valence electrons. The normalized spacial score (nSPS) is 19.4. The van der Waals surface area contributed by atoms with Crippen molar-refractivity contribution in [2.24, 2.45) is 29.6 Å². The molecule has 5 heterocycles. The number of nitrogens with zero attached hydrogens (tertiary/aromatic N) is 10. The van der Waals surface area contributed by atoms with Crippen LogP contribution in [0.15, 0.2) is 183 Å². The van der Waals surface area contributed by atoms with Crippen molar-refractivity contribution in [1.82, 2.24) is 49.8 Å². The van der Waals surface area contributed by atoms with Crippen LogP contribution in [0.1, 0.15) is 454 Å². The van der Waals surface area contributed by atoms with Gasteiger partial charge in [-0.2, -0.15) is 0 Å². The fraction of sp³-hybridized carbons (Fsp3) is 0.603. The highest BCUT2D eigenvalue weighted by Gasteiger charge is 2.29. The summed E-state index contributed by atoms with van der Waals surface area (Å²) in [5, 5.41) is 0. The van der Waals surface area contributed by atoms with Crippen LogP contribution in [0.2, 0.25) is 0 Å². The van der Waals surface area contributed by atoms with Crippen LogP contribution in [0, 0.1) is 29.6 Å². The molecule has 0 N–H and O–H groups in total. The van der Waals surface area contributed by atoms with Gasteiger partial charge in [0.05, 0.1) is 33.0 Å². The van der Waals surface area contributed by atoms with E-state index in [2.05, 4.69) is 217 Å². The van der Waals surface area contributed by atoms with E-state index >= 15 is 0 Å². The highest BCUT2D eigenvalue weighted by atomic mass is 16.5. The Morgan fingerprint density at radius 1 is 0.177 bits per heavy atom. The highest BCUT2D eigenvalue weighted by molar-refractivity contribution is 5.60. The van der Waals surface area contributed by atoms with E-state index in [4.69, 9.17) is 23.7 Å². The lowest BCUT2D eigenvalue weighted by Crippen LogP contribution is -2.14. The Kier molecular flexibility index (Phi) is 52.7. The van der Waals surface area contributed by atoms with E-state index in [1.165, 1.54) is 323 Å². The molecule has 141 heavy (non-hydrogen) atoms. The molecule has 0 amide bonds. The van der Waals surface area contributed by atoms with Crippen molar-refractivity contribution >= 4 is 0 Å². The summed E-state index contributed by atoms with van der Waals surface area (Å²) in [5.41, 5.74) is 11.8. The summed E-state index contributed by atoms with van der Waals surface area (Å²) in [6.07, 6.45) is 87.0. The summed E-state index contributed by atoms with van der Waals surface area (Å²) < 4.78 is 28.9. The molecule has 15 heteroatoms. The van der Waals surface area contributed by atoms with Gasteiger partial charge in [0.2, 0.25) is 0 Å². The van der Waals surface area contributed by atoms with E-state index in [1.54, 1.807) is 0 Å². The zero-order valence-electron chi connectivity index (χ0n) is 89.2. The van der Waals surface area contributed by atoms with Gasteiger partial charge in [-0.15, -0.1) is 0 Å². The Morgan fingerprint density at radius 3 is 0.560 bits per heavy atom. The molecule has 0 aliphatic heterocycles. The van der Waals surface area contributed by atoms with Gasteiger partial charge >= 0.3 is 0 Å². The van der Waals surface area contributed by atoms with Crippen molar-refractivity contribution < 1.29 is 23.7 Å². The summed E-state index contributed by atoms with van der Waals surface area (Å²) in [6, 6.07) is 40.8. The molecule has 15 rings (SSSR count). The maximum absolute atomic E-state index is 5.81. The molecule has 5 fully saturated rings. The lowest BCUT2D eigenvalue weighted by Gasteiger charge is -2.28. The van der Waals surface area contributed by atoms with E-state index < -0.39 is 0 Å². The van der Waals surface area contributed by atoms with Crippen LogP contribution in [0.4, 0.5) is 0 Å². The van der Waals surface area contributed by atoms with Crippen LogP contribution in [-0.2, 0) is 0 Å².